The third-order valence-electron chi connectivity index (χ3n) is 1.25. The van der Waals surface area contributed by atoms with Gasteiger partial charge in [0.15, 0.2) is 0 Å². The van der Waals surface area contributed by atoms with E-state index in [9.17, 15) is 4.39 Å². The van der Waals surface area contributed by atoms with Gasteiger partial charge < -0.3 is 5.73 Å². The largest absolute Gasteiger partial charge is 0.326 e. The maximum atomic E-state index is 11.9. The quantitative estimate of drug-likeness (QED) is 0.665. The van der Waals surface area contributed by atoms with Gasteiger partial charge in [-0.15, -0.1) is 0 Å². The van der Waals surface area contributed by atoms with Crippen LogP contribution in [0.3, 0.4) is 0 Å². The number of hydrogen-bond donors (Lipinski definition) is 1. The van der Waals surface area contributed by atoms with Crippen LogP contribution >= 0.6 is 0 Å². The zero-order valence-electron chi connectivity index (χ0n) is 5.55. The molecule has 0 fully saturated rings. The summed E-state index contributed by atoms with van der Waals surface area (Å²) < 4.78 is 11.9. The molecule has 2 N–H and O–H groups in total. The summed E-state index contributed by atoms with van der Waals surface area (Å²) in [5.41, 5.74) is 6.69. The third-order valence-corrected chi connectivity index (χ3v) is 1.25. The molecule has 54 valence electrons. The second-order valence-electron chi connectivity index (χ2n) is 1.99. The molecule has 0 spiro atoms. The smallest absolute Gasteiger partial charge is 0.131 e. The second-order valence-corrected chi connectivity index (χ2v) is 1.99. The molecule has 1 aromatic rings. The Hall–Kier alpha value is -0.960. The lowest BCUT2D eigenvalue weighted by atomic mass is 10.2. The monoisotopic (exact) mass is 140 g/mol. The van der Waals surface area contributed by atoms with Gasteiger partial charge in [-0.25, -0.2) is 4.39 Å². The summed E-state index contributed by atoms with van der Waals surface area (Å²) in [6.45, 7) is -0.0800. The van der Waals surface area contributed by atoms with Crippen LogP contribution in [0.1, 0.15) is 11.3 Å². The standard InChI is InChI=1S/C7H9FN2/c8-4-7-3-6(5-9)1-2-10-7/h1-3H,4-5,9H2. The summed E-state index contributed by atoms with van der Waals surface area (Å²) in [6, 6.07) is 3.44. The molecule has 1 heterocycles. The summed E-state index contributed by atoms with van der Waals surface area (Å²) >= 11 is 0. The number of nitrogens with two attached hydrogens (primary N) is 1. The van der Waals surface area contributed by atoms with Gasteiger partial charge in [0.1, 0.15) is 6.67 Å². The van der Waals surface area contributed by atoms with Gasteiger partial charge in [-0.05, 0) is 17.7 Å². The second kappa shape index (κ2) is 3.27. The Morgan fingerprint density at radius 2 is 2.40 bits per heavy atom. The van der Waals surface area contributed by atoms with Crippen molar-refractivity contribution in [3.63, 3.8) is 0 Å². The number of pyridine rings is 1. The van der Waals surface area contributed by atoms with Crippen LogP contribution in [0.25, 0.3) is 0 Å². The van der Waals surface area contributed by atoms with Crippen LogP contribution in [-0.4, -0.2) is 4.98 Å². The first kappa shape index (κ1) is 7.15. The van der Waals surface area contributed by atoms with Gasteiger partial charge >= 0.3 is 0 Å². The average Bonchev–Trinajstić information content (AvgIpc) is 2.05. The molecule has 0 saturated heterocycles. The van der Waals surface area contributed by atoms with Crippen molar-refractivity contribution in [2.24, 2.45) is 5.73 Å². The highest BCUT2D eigenvalue weighted by atomic mass is 19.1. The van der Waals surface area contributed by atoms with Gasteiger partial charge in [0.05, 0.1) is 5.69 Å². The number of halogens is 1. The summed E-state index contributed by atoms with van der Waals surface area (Å²) in [7, 11) is 0. The molecule has 0 aliphatic rings. The molecule has 0 aliphatic heterocycles. The Morgan fingerprint density at radius 3 is 3.00 bits per heavy atom. The van der Waals surface area contributed by atoms with Crippen molar-refractivity contribution in [2.75, 3.05) is 0 Å². The van der Waals surface area contributed by atoms with E-state index >= 15 is 0 Å². The molecule has 2 nitrogen and oxygen atoms in total. The van der Waals surface area contributed by atoms with Crippen LogP contribution in [0.5, 0.6) is 0 Å². The van der Waals surface area contributed by atoms with Crippen LogP contribution in [0.2, 0.25) is 0 Å². The van der Waals surface area contributed by atoms with Crippen molar-refractivity contribution < 1.29 is 4.39 Å². The molecule has 0 atom stereocenters. The zero-order valence-corrected chi connectivity index (χ0v) is 5.55. The van der Waals surface area contributed by atoms with Crippen LogP contribution in [-0.2, 0) is 13.2 Å². The minimum absolute atomic E-state index is 0.440. The topological polar surface area (TPSA) is 38.9 Å². The van der Waals surface area contributed by atoms with Gasteiger partial charge in [0.25, 0.3) is 0 Å². The summed E-state index contributed by atoms with van der Waals surface area (Å²) in [5, 5.41) is 0. The SMILES string of the molecule is NCc1ccnc(CF)c1. The van der Waals surface area contributed by atoms with E-state index in [1.807, 2.05) is 0 Å². The lowest BCUT2D eigenvalue weighted by molar-refractivity contribution is 0.475. The fourth-order valence-electron chi connectivity index (χ4n) is 0.728. The predicted octanol–water partition coefficient (Wildman–Crippen LogP) is 1.01. The fraction of sp³-hybridized carbons (Fsp3) is 0.286. The van der Waals surface area contributed by atoms with Crippen molar-refractivity contribution in [1.82, 2.24) is 4.98 Å². The van der Waals surface area contributed by atoms with Crippen molar-refractivity contribution in [3.05, 3.63) is 29.6 Å². The van der Waals surface area contributed by atoms with E-state index in [-0.39, 0.29) is 0 Å². The van der Waals surface area contributed by atoms with E-state index in [1.165, 1.54) is 0 Å². The van der Waals surface area contributed by atoms with E-state index in [0.29, 0.717) is 12.2 Å². The van der Waals surface area contributed by atoms with Crippen LogP contribution in [0.15, 0.2) is 18.3 Å². The molecule has 10 heavy (non-hydrogen) atoms. The molecule has 0 unspecified atom stereocenters. The molecule has 0 bridgehead atoms. The number of aromatic nitrogens is 1. The highest BCUT2D eigenvalue weighted by Gasteiger charge is 1.92. The van der Waals surface area contributed by atoms with Crippen molar-refractivity contribution in [3.8, 4) is 0 Å². The van der Waals surface area contributed by atoms with E-state index < -0.39 is 6.67 Å². The number of nitrogens with zero attached hydrogens (tertiary/aromatic N) is 1. The Kier molecular flexibility index (Phi) is 2.34. The number of rotatable bonds is 2. The lowest BCUT2D eigenvalue weighted by Crippen LogP contribution is -1.97. The van der Waals surface area contributed by atoms with Crippen molar-refractivity contribution >= 4 is 0 Å². The summed E-state index contributed by atoms with van der Waals surface area (Å²) in [6.07, 6.45) is 1.57. The Bertz CT molecular complexity index is 193. The summed E-state index contributed by atoms with van der Waals surface area (Å²) in [5.74, 6) is 0. The van der Waals surface area contributed by atoms with Gasteiger partial charge in [-0.2, -0.15) is 0 Å². The molecule has 1 rings (SSSR count). The van der Waals surface area contributed by atoms with Gasteiger partial charge in [-0.1, -0.05) is 0 Å². The van der Waals surface area contributed by atoms with E-state index in [2.05, 4.69) is 4.98 Å². The Labute approximate surface area is 58.9 Å². The first-order chi connectivity index (χ1) is 4.86. The molecule has 0 saturated carbocycles. The number of alkyl halides is 1. The predicted molar refractivity (Wildman–Crippen MR) is 36.9 cm³/mol. The summed E-state index contributed by atoms with van der Waals surface area (Å²) in [4.78, 5) is 3.78. The van der Waals surface area contributed by atoms with Gasteiger partial charge in [-0.3, -0.25) is 4.98 Å². The zero-order chi connectivity index (χ0) is 7.40. The van der Waals surface area contributed by atoms with Crippen molar-refractivity contribution in [2.45, 2.75) is 13.2 Å². The minimum Gasteiger partial charge on any atom is -0.326 e. The van der Waals surface area contributed by atoms with E-state index in [4.69, 9.17) is 5.73 Å². The molecular weight excluding hydrogens is 131 g/mol. The van der Waals surface area contributed by atoms with E-state index in [1.54, 1.807) is 18.3 Å². The maximum absolute atomic E-state index is 11.9. The molecule has 0 aromatic carbocycles. The van der Waals surface area contributed by atoms with Crippen LogP contribution in [0.4, 0.5) is 4.39 Å². The van der Waals surface area contributed by atoms with Gasteiger partial charge in [0, 0.05) is 12.7 Å². The normalized spacial score (nSPS) is 9.80. The molecule has 0 amide bonds. The highest BCUT2D eigenvalue weighted by Crippen LogP contribution is 2.01. The molecule has 0 aliphatic carbocycles. The Morgan fingerprint density at radius 1 is 1.60 bits per heavy atom. The molecule has 0 radical (unpaired) electrons. The minimum atomic E-state index is -0.520. The average molecular weight is 140 g/mol. The fourth-order valence-corrected chi connectivity index (χ4v) is 0.728. The van der Waals surface area contributed by atoms with E-state index in [0.717, 1.165) is 5.56 Å². The lowest BCUT2D eigenvalue weighted by Gasteiger charge is -1.96. The first-order valence-corrected chi connectivity index (χ1v) is 3.06. The van der Waals surface area contributed by atoms with Crippen LogP contribution in [0, 0.1) is 0 Å². The molecular formula is C7H9FN2. The van der Waals surface area contributed by atoms with Gasteiger partial charge in [0.2, 0.25) is 0 Å². The number of hydrogen-bond acceptors (Lipinski definition) is 2. The highest BCUT2D eigenvalue weighted by molar-refractivity contribution is 5.15. The van der Waals surface area contributed by atoms with Crippen LogP contribution < -0.4 is 5.73 Å². The Balaban J connectivity index is 2.87. The molecule has 1 aromatic heterocycles. The third kappa shape index (κ3) is 1.51. The molecule has 3 heteroatoms. The van der Waals surface area contributed by atoms with Crippen molar-refractivity contribution in [1.29, 1.82) is 0 Å². The first-order valence-electron chi connectivity index (χ1n) is 3.06. The maximum Gasteiger partial charge on any atom is 0.131 e.